The molecule has 0 radical (unpaired) electrons. The van der Waals surface area contributed by atoms with Gasteiger partial charge in [-0.25, -0.2) is 9.59 Å². The first-order chi connectivity index (χ1) is 9.97. The number of carbonyl (C=O) groups excluding carboxylic acids is 1. The molecule has 1 heterocycles. The van der Waals surface area contributed by atoms with Gasteiger partial charge in [-0.15, -0.1) is 0 Å². The summed E-state index contributed by atoms with van der Waals surface area (Å²) in [6.45, 7) is 4.35. The summed E-state index contributed by atoms with van der Waals surface area (Å²) in [5.74, 6) is -1.01. The zero-order valence-corrected chi connectivity index (χ0v) is 12.2. The van der Waals surface area contributed by atoms with Gasteiger partial charge in [0.1, 0.15) is 0 Å². The van der Waals surface area contributed by atoms with E-state index >= 15 is 0 Å². The Labute approximate surface area is 123 Å². The highest BCUT2D eigenvalue weighted by Gasteiger charge is 2.23. The van der Waals surface area contributed by atoms with E-state index in [0.717, 1.165) is 19.4 Å². The van der Waals surface area contributed by atoms with E-state index in [1.807, 2.05) is 6.92 Å². The molecule has 114 valence electrons. The first-order valence-electron chi connectivity index (χ1n) is 7.00. The number of rotatable bonds is 4. The fourth-order valence-electron chi connectivity index (χ4n) is 2.39. The number of aromatic carboxylic acids is 1. The van der Waals surface area contributed by atoms with E-state index in [1.165, 1.54) is 6.07 Å². The normalized spacial score (nSPS) is 19.0. The second-order valence-electron chi connectivity index (χ2n) is 5.27. The van der Waals surface area contributed by atoms with Gasteiger partial charge < -0.3 is 20.5 Å². The van der Waals surface area contributed by atoms with Crippen molar-refractivity contribution in [1.29, 1.82) is 0 Å². The number of hydrogen-bond acceptors (Lipinski definition) is 3. The van der Waals surface area contributed by atoms with Crippen LogP contribution in [0, 0.1) is 6.92 Å². The lowest BCUT2D eigenvalue weighted by atomic mass is 10.1. The monoisotopic (exact) mass is 292 g/mol. The molecule has 1 aliphatic heterocycles. The van der Waals surface area contributed by atoms with Crippen molar-refractivity contribution >= 4 is 17.7 Å². The van der Waals surface area contributed by atoms with Crippen LogP contribution in [-0.2, 0) is 4.74 Å². The van der Waals surface area contributed by atoms with E-state index in [9.17, 15) is 9.59 Å². The molecule has 1 aliphatic rings. The van der Waals surface area contributed by atoms with E-state index in [0.29, 0.717) is 11.3 Å². The smallest absolute Gasteiger partial charge is 0.336 e. The number of benzene rings is 1. The lowest BCUT2D eigenvalue weighted by Crippen LogP contribution is -2.43. The van der Waals surface area contributed by atoms with Crippen molar-refractivity contribution in [2.75, 3.05) is 11.9 Å². The number of urea groups is 1. The van der Waals surface area contributed by atoms with Crippen LogP contribution in [0.5, 0.6) is 0 Å². The van der Waals surface area contributed by atoms with Crippen LogP contribution in [0.15, 0.2) is 18.2 Å². The van der Waals surface area contributed by atoms with Crippen LogP contribution in [-0.4, -0.2) is 35.9 Å². The molecule has 0 bridgehead atoms. The predicted octanol–water partition coefficient (Wildman–Crippen LogP) is 2.38. The molecule has 0 saturated carbocycles. The van der Waals surface area contributed by atoms with Crippen molar-refractivity contribution < 1.29 is 19.4 Å². The molecule has 2 unspecified atom stereocenters. The first kappa shape index (κ1) is 15.3. The maximum Gasteiger partial charge on any atom is 0.336 e. The van der Waals surface area contributed by atoms with Crippen molar-refractivity contribution in [3.8, 4) is 0 Å². The zero-order valence-electron chi connectivity index (χ0n) is 12.2. The summed E-state index contributed by atoms with van der Waals surface area (Å²) >= 11 is 0. The van der Waals surface area contributed by atoms with Crippen molar-refractivity contribution in [2.45, 2.75) is 38.8 Å². The van der Waals surface area contributed by atoms with Gasteiger partial charge in [-0.1, -0.05) is 6.07 Å². The summed E-state index contributed by atoms with van der Waals surface area (Å²) in [4.78, 5) is 23.0. The van der Waals surface area contributed by atoms with Crippen molar-refractivity contribution in [3.05, 3.63) is 29.3 Å². The quantitative estimate of drug-likeness (QED) is 0.795. The van der Waals surface area contributed by atoms with E-state index in [2.05, 4.69) is 10.6 Å². The van der Waals surface area contributed by atoms with Gasteiger partial charge in [0, 0.05) is 12.3 Å². The van der Waals surface area contributed by atoms with E-state index < -0.39 is 5.97 Å². The van der Waals surface area contributed by atoms with E-state index in [1.54, 1.807) is 19.1 Å². The van der Waals surface area contributed by atoms with Gasteiger partial charge in [-0.05, 0) is 44.4 Å². The summed E-state index contributed by atoms with van der Waals surface area (Å²) in [5, 5.41) is 14.5. The second-order valence-corrected chi connectivity index (χ2v) is 5.27. The van der Waals surface area contributed by atoms with Crippen LogP contribution >= 0.6 is 0 Å². The fraction of sp³-hybridized carbons (Fsp3) is 0.467. The number of carbonyl (C=O) groups is 2. The highest BCUT2D eigenvalue weighted by molar-refractivity contribution is 5.94. The van der Waals surface area contributed by atoms with E-state index in [4.69, 9.17) is 9.84 Å². The minimum Gasteiger partial charge on any atom is -0.478 e. The molecule has 0 spiro atoms. The van der Waals surface area contributed by atoms with Gasteiger partial charge in [-0.3, -0.25) is 0 Å². The standard InChI is InChI=1S/C15H20N2O4/c1-9-5-6-11(8-12(9)14(18)19)17-15(20)16-10(2)13-4-3-7-21-13/h5-6,8,10,13H,3-4,7H2,1-2H3,(H,18,19)(H2,16,17,20). The number of carboxylic acid groups (broad SMARTS) is 1. The molecule has 3 N–H and O–H groups in total. The Morgan fingerprint density at radius 1 is 1.43 bits per heavy atom. The summed E-state index contributed by atoms with van der Waals surface area (Å²) in [7, 11) is 0. The summed E-state index contributed by atoms with van der Waals surface area (Å²) in [6.07, 6.45) is 2.00. The summed E-state index contributed by atoms with van der Waals surface area (Å²) in [5.41, 5.74) is 1.29. The van der Waals surface area contributed by atoms with Crippen LogP contribution in [0.1, 0.15) is 35.7 Å². The molecular weight excluding hydrogens is 272 g/mol. The molecule has 0 aliphatic carbocycles. The number of anilines is 1. The van der Waals surface area contributed by atoms with Crippen molar-refractivity contribution in [3.63, 3.8) is 0 Å². The lowest BCUT2D eigenvalue weighted by Gasteiger charge is -2.20. The van der Waals surface area contributed by atoms with Gasteiger partial charge in [0.05, 0.1) is 17.7 Å². The van der Waals surface area contributed by atoms with Crippen LogP contribution in [0.25, 0.3) is 0 Å². The number of amides is 2. The van der Waals surface area contributed by atoms with Crippen LogP contribution in [0.3, 0.4) is 0 Å². The molecule has 2 atom stereocenters. The Kier molecular flexibility index (Phi) is 4.80. The SMILES string of the molecule is Cc1ccc(NC(=O)NC(C)C2CCCO2)cc1C(=O)O. The third-order valence-electron chi connectivity index (χ3n) is 3.61. The average molecular weight is 292 g/mol. The molecular formula is C15H20N2O4. The number of aryl methyl sites for hydroxylation is 1. The number of nitrogens with one attached hydrogen (secondary N) is 2. The maximum absolute atomic E-state index is 11.9. The van der Waals surface area contributed by atoms with Crippen LogP contribution in [0.2, 0.25) is 0 Å². The summed E-state index contributed by atoms with van der Waals surface area (Å²) < 4.78 is 5.51. The molecule has 1 aromatic carbocycles. The van der Waals surface area contributed by atoms with Gasteiger partial charge in [-0.2, -0.15) is 0 Å². The molecule has 0 aromatic heterocycles. The second kappa shape index (κ2) is 6.58. The highest BCUT2D eigenvalue weighted by Crippen LogP contribution is 2.17. The Hall–Kier alpha value is -2.08. The van der Waals surface area contributed by atoms with Gasteiger partial charge in [0.15, 0.2) is 0 Å². The predicted molar refractivity (Wildman–Crippen MR) is 78.7 cm³/mol. The Morgan fingerprint density at radius 3 is 2.81 bits per heavy atom. The molecule has 1 saturated heterocycles. The van der Waals surface area contributed by atoms with Crippen LogP contribution in [0.4, 0.5) is 10.5 Å². The van der Waals surface area contributed by atoms with Crippen molar-refractivity contribution in [1.82, 2.24) is 5.32 Å². The van der Waals surface area contributed by atoms with Crippen LogP contribution < -0.4 is 10.6 Å². The van der Waals surface area contributed by atoms with Gasteiger partial charge >= 0.3 is 12.0 Å². The molecule has 6 nitrogen and oxygen atoms in total. The molecule has 6 heteroatoms. The first-order valence-corrected chi connectivity index (χ1v) is 7.00. The largest absolute Gasteiger partial charge is 0.478 e. The van der Waals surface area contributed by atoms with Crippen molar-refractivity contribution in [2.24, 2.45) is 0 Å². The minimum atomic E-state index is -1.01. The van der Waals surface area contributed by atoms with Gasteiger partial charge in [0.25, 0.3) is 0 Å². The molecule has 2 rings (SSSR count). The number of hydrogen-bond donors (Lipinski definition) is 3. The van der Waals surface area contributed by atoms with Gasteiger partial charge in [0.2, 0.25) is 0 Å². The highest BCUT2D eigenvalue weighted by atomic mass is 16.5. The third kappa shape index (κ3) is 3.95. The number of ether oxygens (including phenoxy) is 1. The fourth-order valence-corrected chi connectivity index (χ4v) is 2.39. The Morgan fingerprint density at radius 2 is 2.19 bits per heavy atom. The Bertz CT molecular complexity index is 538. The maximum atomic E-state index is 11.9. The Balaban J connectivity index is 1.96. The minimum absolute atomic E-state index is 0.0448. The average Bonchev–Trinajstić information content (AvgIpc) is 2.94. The topological polar surface area (TPSA) is 87.7 Å². The summed E-state index contributed by atoms with van der Waals surface area (Å²) in [6, 6.07) is 4.35. The molecule has 1 fully saturated rings. The number of carboxylic acids is 1. The van der Waals surface area contributed by atoms with E-state index in [-0.39, 0.29) is 23.7 Å². The molecule has 21 heavy (non-hydrogen) atoms. The molecule has 1 aromatic rings. The molecule has 2 amide bonds. The zero-order chi connectivity index (χ0) is 15.4. The third-order valence-corrected chi connectivity index (χ3v) is 3.61. The lowest BCUT2D eigenvalue weighted by molar-refractivity contribution is 0.0696.